The maximum absolute atomic E-state index is 9.91. The van der Waals surface area contributed by atoms with Gasteiger partial charge in [0.15, 0.2) is 6.29 Å². The van der Waals surface area contributed by atoms with Gasteiger partial charge in [-0.05, 0) is 17.7 Å². The topological polar surface area (TPSA) is 91.2 Å². The second kappa shape index (κ2) is 7.51. The van der Waals surface area contributed by atoms with E-state index in [9.17, 15) is 15.3 Å². The highest BCUT2D eigenvalue weighted by Gasteiger charge is 2.43. The second-order valence-electron chi connectivity index (χ2n) is 5.01. The van der Waals surface area contributed by atoms with Gasteiger partial charge in [0.05, 0.1) is 0 Å². The van der Waals surface area contributed by atoms with Gasteiger partial charge in [0, 0.05) is 25.2 Å². The number of aliphatic hydroxyl groups excluding tert-OH is 3. The van der Waals surface area contributed by atoms with Crippen LogP contribution >= 0.6 is 11.6 Å². The van der Waals surface area contributed by atoms with E-state index in [1.165, 1.54) is 7.11 Å². The summed E-state index contributed by atoms with van der Waals surface area (Å²) in [5.74, 6) is 0. The lowest BCUT2D eigenvalue weighted by Crippen LogP contribution is -2.60. The van der Waals surface area contributed by atoms with Crippen molar-refractivity contribution >= 4 is 11.6 Å². The summed E-state index contributed by atoms with van der Waals surface area (Å²) in [6.07, 6.45) is -5.36. The summed E-state index contributed by atoms with van der Waals surface area (Å²) in [5, 5.41) is 33.1. The first-order chi connectivity index (χ1) is 10.0. The largest absolute Gasteiger partial charge is 0.388 e. The zero-order chi connectivity index (χ0) is 15.4. The van der Waals surface area contributed by atoms with Gasteiger partial charge in [-0.2, -0.15) is 0 Å². The standard InChI is InChI=1S/C14H20ClNO5/c1-20-14-13(19)12(18)11(17)10(21-14)7-16-6-8-2-4-9(15)5-3-8/h2-5,10-14,16-19H,6-7H2,1H3/t10-,11-,12?,13+,14?/m1/s1. The van der Waals surface area contributed by atoms with Gasteiger partial charge in [0.1, 0.15) is 24.4 Å². The van der Waals surface area contributed by atoms with Gasteiger partial charge < -0.3 is 30.1 Å². The van der Waals surface area contributed by atoms with Crippen LogP contribution in [0.25, 0.3) is 0 Å². The van der Waals surface area contributed by atoms with Crippen molar-refractivity contribution in [2.75, 3.05) is 13.7 Å². The van der Waals surface area contributed by atoms with E-state index in [-0.39, 0.29) is 0 Å². The lowest BCUT2D eigenvalue weighted by atomic mass is 9.99. The minimum atomic E-state index is -1.30. The maximum Gasteiger partial charge on any atom is 0.186 e. The summed E-state index contributed by atoms with van der Waals surface area (Å²) in [6.45, 7) is 0.882. The molecule has 1 fully saturated rings. The number of benzene rings is 1. The Hall–Kier alpha value is -0.730. The highest BCUT2D eigenvalue weighted by atomic mass is 35.5. The van der Waals surface area contributed by atoms with E-state index in [2.05, 4.69) is 5.32 Å². The quantitative estimate of drug-likeness (QED) is 0.605. The Morgan fingerprint density at radius 1 is 1.14 bits per heavy atom. The van der Waals surface area contributed by atoms with E-state index in [1.807, 2.05) is 12.1 Å². The van der Waals surface area contributed by atoms with Crippen LogP contribution in [-0.4, -0.2) is 59.7 Å². The average Bonchev–Trinajstić information content (AvgIpc) is 2.49. The molecule has 5 atom stereocenters. The molecule has 0 aliphatic carbocycles. The van der Waals surface area contributed by atoms with E-state index < -0.39 is 30.7 Å². The molecule has 0 aromatic heterocycles. The Labute approximate surface area is 128 Å². The van der Waals surface area contributed by atoms with Gasteiger partial charge >= 0.3 is 0 Å². The van der Waals surface area contributed by atoms with E-state index in [0.29, 0.717) is 18.1 Å². The van der Waals surface area contributed by atoms with Crippen molar-refractivity contribution in [2.24, 2.45) is 0 Å². The summed E-state index contributed by atoms with van der Waals surface area (Å²) >= 11 is 5.81. The summed E-state index contributed by atoms with van der Waals surface area (Å²) in [6, 6.07) is 7.38. The van der Waals surface area contributed by atoms with Crippen molar-refractivity contribution in [3.05, 3.63) is 34.9 Å². The summed E-state index contributed by atoms with van der Waals surface area (Å²) < 4.78 is 10.4. The minimum absolute atomic E-state index is 0.313. The highest BCUT2D eigenvalue weighted by molar-refractivity contribution is 6.30. The van der Waals surface area contributed by atoms with E-state index in [4.69, 9.17) is 21.1 Å². The van der Waals surface area contributed by atoms with Crippen molar-refractivity contribution < 1.29 is 24.8 Å². The van der Waals surface area contributed by atoms with Crippen LogP contribution in [0.4, 0.5) is 0 Å². The lowest BCUT2D eigenvalue weighted by Gasteiger charge is -2.39. The molecular formula is C14H20ClNO5. The summed E-state index contributed by atoms with van der Waals surface area (Å²) in [5.41, 5.74) is 1.04. The van der Waals surface area contributed by atoms with Gasteiger partial charge in [0.25, 0.3) is 0 Å². The lowest BCUT2D eigenvalue weighted by molar-refractivity contribution is -0.288. The van der Waals surface area contributed by atoms with Crippen molar-refractivity contribution in [2.45, 2.75) is 37.3 Å². The Balaban J connectivity index is 1.85. The molecule has 0 bridgehead atoms. The molecule has 1 aromatic carbocycles. The fraction of sp³-hybridized carbons (Fsp3) is 0.571. The minimum Gasteiger partial charge on any atom is -0.388 e. The van der Waals surface area contributed by atoms with Gasteiger partial charge in [-0.15, -0.1) is 0 Å². The molecule has 2 rings (SSSR count). The van der Waals surface area contributed by atoms with E-state index in [0.717, 1.165) is 5.56 Å². The average molecular weight is 318 g/mol. The van der Waals surface area contributed by atoms with Crippen LogP contribution in [0.5, 0.6) is 0 Å². The van der Waals surface area contributed by atoms with Gasteiger partial charge in [-0.3, -0.25) is 0 Å². The Morgan fingerprint density at radius 2 is 1.81 bits per heavy atom. The number of aliphatic hydroxyl groups is 3. The molecule has 0 radical (unpaired) electrons. The normalized spacial score (nSPS) is 33.1. The first-order valence-electron chi connectivity index (χ1n) is 6.70. The third kappa shape index (κ3) is 4.14. The monoisotopic (exact) mass is 317 g/mol. The first kappa shape index (κ1) is 16.6. The number of halogens is 1. The fourth-order valence-corrected chi connectivity index (χ4v) is 2.37. The summed E-state index contributed by atoms with van der Waals surface area (Å²) in [7, 11) is 1.37. The zero-order valence-electron chi connectivity index (χ0n) is 11.6. The fourth-order valence-electron chi connectivity index (χ4n) is 2.24. The predicted octanol–water partition coefficient (Wildman–Crippen LogP) is -0.116. The van der Waals surface area contributed by atoms with E-state index in [1.54, 1.807) is 12.1 Å². The zero-order valence-corrected chi connectivity index (χ0v) is 12.4. The van der Waals surface area contributed by atoms with Gasteiger partial charge in [0.2, 0.25) is 0 Å². The third-order valence-electron chi connectivity index (χ3n) is 3.49. The van der Waals surface area contributed by atoms with Crippen LogP contribution in [0.2, 0.25) is 5.02 Å². The predicted molar refractivity (Wildman–Crippen MR) is 76.8 cm³/mol. The Kier molecular flexibility index (Phi) is 5.95. The second-order valence-corrected chi connectivity index (χ2v) is 5.44. The summed E-state index contributed by atoms with van der Waals surface area (Å²) in [4.78, 5) is 0. The molecule has 1 heterocycles. The van der Waals surface area contributed by atoms with Gasteiger partial charge in [-0.1, -0.05) is 23.7 Å². The molecule has 2 unspecified atom stereocenters. The van der Waals surface area contributed by atoms with Crippen LogP contribution in [-0.2, 0) is 16.0 Å². The third-order valence-corrected chi connectivity index (χ3v) is 3.74. The maximum atomic E-state index is 9.91. The van der Waals surface area contributed by atoms with Crippen LogP contribution in [0.3, 0.4) is 0 Å². The number of nitrogens with one attached hydrogen (secondary N) is 1. The molecule has 1 aromatic rings. The van der Waals surface area contributed by atoms with Crippen molar-refractivity contribution in [1.29, 1.82) is 0 Å². The molecule has 0 saturated carbocycles. The molecule has 1 aliphatic heterocycles. The first-order valence-corrected chi connectivity index (χ1v) is 7.08. The Morgan fingerprint density at radius 3 is 2.43 bits per heavy atom. The number of rotatable bonds is 5. The number of ether oxygens (including phenoxy) is 2. The van der Waals surface area contributed by atoms with E-state index >= 15 is 0 Å². The number of methoxy groups -OCH3 is 1. The number of hydrogen-bond acceptors (Lipinski definition) is 6. The smallest absolute Gasteiger partial charge is 0.186 e. The molecule has 118 valence electrons. The van der Waals surface area contributed by atoms with Crippen LogP contribution in [0, 0.1) is 0 Å². The van der Waals surface area contributed by atoms with Crippen LogP contribution in [0.15, 0.2) is 24.3 Å². The van der Waals surface area contributed by atoms with Crippen LogP contribution in [0.1, 0.15) is 5.56 Å². The van der Waals surface area contributed by atoms with Crippen molar-refractivity contribution in [3.63, 3.8) is 0 Å². The Bertz CT molecular complexity index is 441. The molecule has 0 amide bonds. The van der Waals surface area contributed by atoms with Crippen LogP contribution < -0.4 is 5.32 Å². The number of hydrogen-bond donors (Lipinski definition) is 4. The molecule has 4 N–H and O–H groups in total. The molecule has 0 spiro atoms. The molecular weight excluding hydrogens is 298 g/mol. The van der Waals surface area contributed by atoms with Crippen molar-refractivity contribution in [3.8, 4) is 0 Å². The molecule has 7 heteroatoms. The molecule has 1 aliphatic rings. The molecule has 21 heavy (non-hydrogen) atoms. The highest BCUT2D eigenvalue weighted by Crippen LogP contribution is 2.21. The SMILES string of the molecule is COC1O[C@H](CNCc2ccc(Cl)cc2)[C@@H](O)C(O)[C@@H]1O. The molecule has 1 saturated heterocycles. The van der Waals surface area contributed by atoms with Crippen molar-refractivity contribution in [1.82, 2.24) is 5.32 Å². The molecule has 6 nitrogen and oxygen atoms in total. The van der Waals surface area contributed by atoms with Gasteiger partial charge in [-0.25, -0.2) is 0 Å².